The molecule has 200 valence electrons. The van der Waals surface area contributed by atoms with Crippen LogP contribution in [0.5, 0.6) is 11.5 Å². The van der Waals surface area contributed by atoms with Gasteiger partial charge in [0.2, 0.25) is 5.95 Å². The second-order valence-electron chi connectivity index (χ2n) is 9.60. The summed E-state index contributed by atoms with van der Waals surface area (Å²) in [6.45, 7) is 8.25. The molecule has 0 spiro atoms. The number of rotatable bonds is 7. The van der Waals surface area contributed by atoms with Gasteiger partial charge in [0.15, 0.2) is 11.5 Å². The Hall–Kier alpha value is -4.18. The molecule has 10 heteroatoms. The van der Waals surface area contributed by atoms with Gasteiger partial charge in [-0.05, 0) is 88.9 Å². The number of aryl methyl sites for hydroxylation is 3. The van der Waals surface area contributed by atoms with E-state index in [2.05, 4.69) is 48.2 Å². The van der Waals surface area contributed by atoms with Gasteiger partial charge >= 0.3 is 0 Å². The number of amides is 1. The van der Waals surface area contributed by atoms with Crippen LogP contribution in [0, 0.1) is 20.8 Å². The molecule has 0 fully saturated rings. The van der Waals surface area contributed by atoms with Crippen molar-refractivity contribution in [3.8, 4) is 11.5 Å². The quantitative estimate of drug-likeness (QED) is 0.278. The minimum Gasteiger partial charge on any atom is -0.493 e. The van der Waals surface area contributed by atoms with E-state index in [1.54, 1.807) is 11.8 Å². The molecular weight excluding hydrogens is 560 g/mol. The molecule has 0 saturated carbocycles. The second-order valence-corrected chi connectivity index (χ2v) is 10.5. The smallest absolute Gasteiger partial charge is 0.255 e. The minimum absolute atomic E-state index is 0.257. The Morgan fingerprint density at radius 2 is 1.87 bits per heavy atom. The molecule has 1 aliphatic rings. The molecule has 4 aromatic rings. The predicted octanol–water partition coefficient (Wildman–Crippen LogP) is 5.88. The van der Waals surface area contributed by atoms with Crippen molar-refractivity contribution in [2.75, 3.05) is 17.7 Å². The van der Waals surface area contributed by atoms with Crippen LogP contribution >= 0.6 is 15.9 Å². The normalized spacial score (nSPS) is 14.5. The van der Waals surface area contributed by atoms with E-state index in [4.69, 9.17) is 9.47 Å². The molecule has 1 aromatic heterocycles. The van der Waals surface area contributed by atoms with Crippen LogP contribution in [0.25, 0.3) is 0 Å². The maximum Gasteiger partial charge on any atom is 0.255 e. The Kier molecular flexibility index (Phi) is 7.38. The molecule has 5 rings (SSSR count). The molecule has 2 N–H and O–H groups in total. The highest BCUT2D eigenvalue weighted by Crippen LogP contribution is 2.43. The lowest BCUT2D eigenvalue weighted by molar-refractivity contribution is -0.113. The molecule has 1 amide bonds. The molecule has 0 saturated heterocycles. The molecule has 39 heavy (non-hydrogen) atoms. The van der Waals surface area contributed by atoms with E-state index >= 15 is 0 Å². The standard InChI is InChI=1S/C29H29BrN6O3/c1-16-7-6-8-20(12-16)15-39-27-22(30)13-21(14-24(27)38-5)26-25(19(4)31-29-33-34-35-36(26)29)28(37)32-23-10-9-17(2)11-18(23)3/h6-14,26H,15H2,1-5H3,(H,32,37)(H,31,33,35). The average molecular weight is 589 g/mol. The van der Waals surface area contributed by atoms with Crippen LogP contribution in [0.4, 0.5) is 11.6 Å². The molecule has 0 radical (unpaired) electrons. The number of methoxy groups -OCH3 is 1. The van der Waals surface area contributed by atoms with Crippen molar-refractivity contribution < 1.29 is 14.3 Å². The number of carbonyl (C=O) groups excluding carboxylic acids is 1. The molecule has 9 nitrogen and oxygen atoms in total. The summed E-state index contributed by atoms with van der Waals surface area (Å²) in [5.41, 5.74) is 6.94. The van der Waals surface area contributed by atoms with E-state index < -0.39 is 6.04 Å². The van der Waals surface area contributed by atoms with E-state index in [-0.39, 0.29) is 5.91 Å². The number of anilines is 2. The van der Waals surface area contributed by atoms with Crippen LogP contribution in [0.3, 0.4) is 0 Å². The molecule has 0 aliphatic carbocycles. The van der Waals surface area contributed by atoms with Crippen molar-refractivity contribution in [1.82, 2.24) is 20.2 Å². The largest absolute Gasteiger partial charge is 0.493 e. The fourth-order valence-corrected chi connectivity index (χ4v) is 5.33. The summed E-state index contributed by atoms with van der Waals surface area (Å²) in [6.07, 6.45) is 0. The van der Waals surface area contributed by atoms with Crippen LogP contribution < -0.4 is 20.1 Å². The van der Waals surface area contributed by atoms with Gasteiger partial charge in [0, 0.05) is 11.4 Å². The molecule has 3 aromatic carbocycles. The SMILES string of the molecule is COc1cc(C2C(C(=O)Nc3ccc(C)cc3C)=C(C)Nc3nnnn32)cc(Br)c1OCc1cccc(C)c1. The summed E-state index contributed by atoms with van der Waals surface area (Å²) in [7, 11) is 1.59. The van der Waals surface area contributed by atoms with Gasteiger partial charge in [-0.3, -0.25) is 4.79 Å². The van der Waals surface area contributed by atoms with Crippen molar-refractivity contribution in [2.24, 2.45) is 0 Å². The van der Waals surface area contributed by atoms with Gasteiger partial charge in [0.05, 0.1) is 17.2 Å². The third kappa shape index (κ3) is 5.37. The maximum absolute atomic E-state index is 13.8. The lowest BCUT2D eigenvalue weighted by atomic mass is 9.94. The van der Waals surface area contributed by atoms with Gasteiger partial charge < -0.3 is 20.1 Å². The summed E-state index contributed by atoms with van der Waals surface area (Å²) in [5.74, 6) is 1.27. The van der Waals surface area contributed by atoms with Gasteiger partial charge in [0.25, 0.3) is 5.91 Å². The lowest BCUT2D eigenvalue weighted by Gasteiger charge is -2.29. The van der Waals surface area contributed by atoms with E-state index in [0.717, 1.165) is 33.5 Å². The molecule has 1 unspecified atom stereocenters. The van der Waals surface area contributed by atoms with Gasteiger partial charge in [0.1, 0.15) is 12.6 Å². The Balaban J connectivity index is 1.52. The van der Waals surface area contributed by atoms with Gasteiger partial charge in [-0.2, -0.15) is 4.68 Å². The van der Waals surface area contributed by atoms with Crippen molar-refractivity contribution in [2.45, 2.75) is 40.3 Å². The summed E-state index contributed by atoms with van der Waals surface area (Å²) in [4.78, 5) is 13.8. The fourth-order valence-electron chi connectivity index (χ4n) is 4.75. The van der Waals surface area contributed by atoms with Gasteiger partial charge in [-0.1, -0.05) is 52.6 Å². The van der Waals surface area contributed by atoms with Crippen molar-refractivity contribution in [3.63, 3.8) is 0 Å². The summed E-state index contributed by atoms with van der Waals surface area (Å²) in [5, 5.41) is 18.4. The molecule has 1 atom stereocenters. The predicted molar refractivity (Wildman–Crippen MR) is 153 cm³/mol. The van der Waals surface area contributed by atoms with Crippen LogP contribution in [-0.2, 0) is 11.4 Å². The van der Waals surface area contributed by atoms with Crippen molar-refractivity contribution in [1.29, 1.82) is 0 Å². The fraction of sp³-hybridized carbons (Fsp3) is 0.241. The molecule has 0 bridgehead atoms. The van der Waals surface area contributed by atoms with Crippen LogP contribution in [0.15, 0.2) is 70.3 Å². The first kappa shape index (κ1) is 26.4. The first-order valence-electron chi connectivity index (χ1n) is 12.4. The Morgan fingerprint density at radius 3 is 2.62 bits per heavy atom. The van der Waals surface area contributed by atoms with Gasteiger partial charge in [-0.15, -0.1) is 0 Å². The van der Waals surface area contributed by atoms with Crippen LogP contribution in [0.1, 0.15) is 40.8 Å². The summed E-state index contributed by atoms with van der Waals surface area (Å²) in [6, 6.07) is 17.2. The highest BCUT2D eigenvalue weighted by atomic mass is 79.9. The Labute approximate surface area is 235 Å². The zero-order chi connectivity index (χ0) is 27.7. The maximum atomic E-state index is 13.8. The third-order valence-electron chi connectivity index (χ3n) is 6.62. The molecule has 1 aliphatic heterocycles. The van der Waals surface area contributed by atoms with Crippen molar-refractivity contribution in [3.05, 3.63) is 98.2 Å². The van der Waals surface area contributed by atoms with E-state index in [1.165, 1.54) is 0 Å². The molecular formula is C29H29BrN6O3. The number of fused-ring (bicyclic) bond motifs is 1. The molecule has 2 heterocycles. The lowest BCUT2D eigenvalue weighted by Crippen LogP contribution is -2.31. The van der Waals surface area contributed by atoms with E-state index in [0.29, 0.717) is 39.8 Å². The number of aromatic nitrogens is 4. The number of hydrogen-bond acceptors (Lipinski definition) is 7. The number of nitrogens with one attached hydrogen (secondary N) is 2. The van der Waals surface area contributed by atoms with E-state index in [9.17, 15) is 4.79 Å². The first-order valence-corrected chi connectivity index (χ1v) is 13.2. The number of hydrogen-bond donors (Lipinski definition) is 2. The Bertz CT molecular complexity index is 1600. The van der Waals surface area contributed by atoms with Crippen LogP contribution in [0.2, 0.25) is 0 Å². The number of benzene rings is 3. The monoisotopic (exact) mass is 588 g/mol. The Morgan fingerprint density at radius 1 is 1.08 bits per heavy atom. The number of allylic oxidation sites excluding steroid dienone is 1. The zero-order valence-electron chi connectivity index (χ0n) is 22.4. The third-order valence-corrected chi connectivity index (χ3v) is 7.21. The zero-order valence-corrected chi connectivity index (χ0v) is 24.0. The number of nitrogens with zero attached hydrogens (tertiary/aromatic N) is 4. The van der Waals surface area contributed by atoms with Crippen molar-refractivity contribution >= 4 is 33.5 Å². The second kappa shape index (κ2) is 10.9. The van der Waals surface area contributed by atoms with E-state index in [1.807, 2.05) is 76.2 Å². The summed E-state index contributed by atoms with van der Waals surface area (Å²) >= 11 is 3.67. The summed E-state index contributed by atoms with van der Waals surface area (Å²) < 4.78 is 14.2. The highest BCUT2D eigenvalue weighted by Gasteiger charge is 2.35. The number of halogens is 1. The van der Waals surface area contributed by atoms with Crippen LogP contribution in [-0.4, -0.2) is 33.2 Å². The van der Waals surface area contributed by atoms with Gasteiger partial charge in [-0.25, -0.2) is 0 Å². The number of tetrazole rings is 1. The highest BCUT2D eigenvalue weighted by molar-refractivity contribution is 9.10. The minimum atomic E-state index is -0.613. The number of ether oxygens (including phenoxy) is 2. The number of carbonyl (C=O) groups is 1. The topological polar surface area (TPSA) is 103 Å². The average Bonchev–Trinajstić information content (AvgIpc) is 3.36. The first-order chi connectivity index (χ1) is 18.7.